The van der Waals surface area contributed by atoms with Gasteiger partial charge in [0.05, 0.1) is 16.4 Å². The van der Waals surface area contributed by atoms with Gasteiger partial charge < -0.3 is 5.73 Å². The van der Waals surface area contributed by atoms with Crippen LogP contribution in [0, 0.1) is 6.92 Å². The molecular formula is C12H10BrCl2N3O2S. The molecule has 5 nitrogen and oxygen atoms in total. The third-order valence-corrected chi connectivity index (χ3v) is 5.76. The van der Waals surface area contributed by atoms with E-state index in [0.29, 0.717) is 16.4 Å². The summed E-state index contributed by atoms with van der Waals surface area (Å²) in [5.74, 6) is 0. The van der Waals surface area contributed by atoms with Crippen LogP contribution in [0.3, 0.4) is 0 Å². The molecule has 0 fully saturated rings. The van der Waals surface area contributed by atoms with Gasteiger partial charge in [-0.25, -0.2) is 13.4 Å². The minimum absolute atomic E-state index is 0.0555. The molecule has 0 aliphatic rings. The first kappa shape index (κ1) is 16.4. The van der Waals surface area contributed by atoms with Crippen LogP contribution in [0.15, 0.2) is 33.8 Å². The number of sulfonamides is 1. The van der Waals surface area contributed by atoms with E-state index < -0.39 is 10.0 Å². The van der Waals surface area contributed by atoms with Gasteiger partial charge in [0.15, 0.2) is 0 Å². The highest BCUT2D eigenvalue weighted by molar-refractivity contribution is 9.10. The molecule has 21 heavy (non-hydrogen) atoms. The van der Waals surface area contributed by atoms with E-state index in [-0.39, 0.29) is 20.1 Å². The van der Waals surface area contributed by atoms with Crippen LogP contribution < -0.4 is 10.5 Å². The maximum atomic E-state index is 12.4. The molecule has 1 aromatic carbocycles. The lowest BCUT2D eigenvalue weighted by atomic mass is 10.3. The SMILES string of the molecule is Cc1cc(NS(=O)(=O)c2cc(Cl)cc(N)c2Br)cnc1Cl. The van der Waals surface area contributed by atoms with Gasteiger partial charge in [0.1, 0.15) is 10.0 Å². The van der Waals surface area contributed by atoms with Crippen LogP contribution in [0.4, 0.5) is 11.4 Å². The number of aromatic nitrogens is 1. The van der Waals surface area contributed by atoms with Crippen molar-refractivity contribution in [3.8, 4) is 0 Å². The highest BCUT2D eigenvalue weighted by Gasteiger charge is 2.20. The van der Waals surface area contributed by atoms with Gasteiger partial charge in [0, 0.05) is 10.7 Å². The first-order valence-corrected chi connectivity index (χ1v) is 8.63. The van der Waals surface area contributed by atoms with Crippen molar-refractivity contribution in [1.29, 1.82) is 0 Å². The molecule has 2 aromatic rings. The van der Waals surface area contributed by atoms with Crippen molar-refractivity contribution in [2.75, 3.05) is 10.5 Å². The smallest absolute Gasteiger partial charge is 0.263 e. The van der Waals surface area contributed by atoms with Crippen LogP contribution in [0.2, 0.25) is 10.2 Å². The number of halogens is 3. The minimum atomic E-state index is -3.86. The predicted molar refractivity (Wildman–Crippen MR) is 88.4 cm³/mol. The Balaban J connectivity index is 2.45. The zero-order chi connectivity index (χ0) is 15.8. The summed E-state index contributed by atoms with van der Waals surface area (Å²) < 4.78 is 27.5. The van der Waals surface area contributed by atoms with E-state index in [4.69, 9.17) is 28.9 Å². The molecule has 0 saturated heterocycles. The van der Waals surface area contributed by atoms with E-state index in [9.17, 15) is 8.42 Å². The summed E-state index contributed by atoms with van der Waals surface area (Å²) in [5, 5.41) is 0.535. The quantitative estimate of drug-likeness (QED) is 0.594. The van der Waals surface area contributed by atoms with Crippen LogP contribution >= 0.6 is 39.1 Å². The Morgan fingerprint density at radius 1 is 1.29 bits per heavy atom. The molecular weight excluding hydrogens is 401 g/mol. The lowest BCUT2D eigenvalue weighted by molar-refractivity contribution is 0.601. The number of nitrogens with two attached hydrogens (primary N) is 1. The third-order valence-electron chi connectivity index (χ3n) is 2.59. The monoisotopic (exact) mass is 409 g/mol. The van der Waals surface area contributed by atoms with E-state index in [0.717, 1.165) is 0 Å². The van der Waals surface area contributed by atoms with E-state index in [1.807, 2.05) is 0 Å². The minimum Gasteiger partial charge on any atom is -0.398 e. The van der Waals surface area contributed by atoms with Crippen LogP contribution in [0.5, 0.6) is 0 Å². The molecule has 0 aliphatic carbocycles. The fourth-order valence-corrected chi connectivity index (χ4v) is 4.03. The second-order valence-corrected chi connectivity index (χ2v) is 7.48. The zero-order valence-corrected chi connectivity index (χ0v) is 14.6. The Morgan fingerprint density at radius 3 is 2.57 bits per heavy atom. The van der Waals surface area contributed by atoms with Crippen molar-refractivity contribution in [2.24, 2.45) is 0 Å². The van der Waals surface area contributed by atoms with Gasteiger partial charge in [-0.3, -0.25) is 4.72 Å². The van der Waals surface area contributed by atoms with Crippen molar-refractivity contribution in [3.63, 3.8) is 0 Å². The van der Waals surface area contributed by atoms with Gasteiger partial charge in [-0.05, 0) is 46.6 Å². The van der Waals surface area contributed by atoms with Crippen molar-refractivity contribution in [1.82, 2.24) is 4.98 Å². The highest BCUT2D eigenvalue weighted by Crippen LogP contribution is 2.32. The Hall–Kier alpha value is -1.02. The van der Waals surface area contributed by atoms with Crippen molar-refractivity contribution < 1.29 is 8.42 Å². The standard InChI is InChI=1S/C12H10BrCl2N3O2S/c1-6-2-8(5-17-12(6)15)18-21(19,20)10-4-7(14)3-9(16)11(10)13/h2-5,18H,16H2,1H3. The molecule has 1 aromatic heterocycles. The number of rotatable bonds is 3. The molecule has 0 bridgehead atoms. The molecule has 2 rings (SSSR count). The average molecular weight is 411 g/mol. The number of hydrogen-bond donors (Lipinski definition) is 2. The molecule has 9 heteroatoms. The lowest BCUT2D eigenvalue weighted by Gasteiger charge is -2.12. The summed E-state index contributed by atoms with van der Waals surface area (Å²) in [7, 11) is -3.86. The summed E-state index contributed by atoms with van der Waals surface area (Å²) in [6.45, 7) is 1.72. The van der Waals surface area contributed by atoms with Gasteiger partial charge >= 0.3 is 0 Å². The Bertz CT molecular complexity index is 812. The van der Waals surface area contributed by atoms with Crippen LogP contribution in [-0.4, -0.2) is 13.4 Å². The zero-order valence-electron chi connectivity index (χ0n) is 10.7. The Kier molecular flexibility index (Phi) is 4.67. The number of pyridine rings is 1. The number of hydrogen-bond acceptors (Lipinski definition) is 4. The molecule has 3 N–H and O–H groups in total. The van der Waals surface area contributed by atoms with Crippen molar-refractivity contribution in [2.45, 2.75) is 11.8 Å². The fourth-order valence-electron chi connectivity index (χ4n) is 1.60. The molecule has 0 radical (unpaired) electrons. The van der Waals surface area contributed by atoms with E-state index in [1.165, 1.54) is 18.3 Å². The third kappa shape index (κ3) is 3.60. The first-order chi connectivity index (χ1) is 9.70. The van der Waals surface area contributed by atoms with Gasteiger partial charge in [0.25, 0.3) is 10.0 Å². The number of aryl methyl sites for hydroxylation is 1. The number of nitrogen functional groups attached to an aromatic ring is 1. The fraction of sp³-hybridized carbons (Fsp3) is 0.0833. The molecule has 1 heterocycles. The van der Waals surface area contributed by atoms with Gasteiger partial charge in [-0.2, -0.15) is 0 Å². The average Bonchev–Trinajstić information content (AvgIpc) is 2.37. The van der Waals surface area contributed by atoms with Gasteiger partial charge in [-0.1, -0.05) is 23.2 Å². The Labute approximate surface area is 140 Å². The Morgan fingerprint density at radius 2 is 1.95 bits per heavy atom. The van der Waals surface area contributed by atoms with Crippen LogP contribution in [-0.2, 0) is 10.0 Å². The summed E-state index contributed by atoms with van der Waals surface area (Å²) >= 11 is 14.8. The molecule has 0 atom stereocenters. The summed E-state index contributed by atoms with van der Waals surface area (Å²) in [5.41, 5.74) is 6.88. The van der Waals surface area contributed by atoms with Crippen LogP contribution in [0.1, 0.15) is 5.56 Å². The maximum absolute atomic E-state index is 12.4. The van der Waals surface area contributed by atoms with E-state index >= 15 is 0 Å². The van der Waals surface area contributed by atoms with Crippen molar-refractivity contribution in [3.05, 3.63) is 44.6 Å². The number of benzene rings is 1. The van der Waals surface area contributed by atoms with E-state index in [1.54, 1.807) is 13.0 Å². The number of nitrogens with zero attached hydrogens (tertiary/aromatic N) is 1. The van der Waals surface area contributed by atoms with Gasteiger partial charge in [-0.15, -0.1) is 0 Å². The van der Waals surface area contributed by atoms with Crippen molar-refractivity contribution >= 4 is 60.5 Å². The first-order valence-electron chi connectivity index (χ1n) is 5.60. The largest absolute Gasteiger partial charge is 0.398 e. The number of nitrogens with one attached hydrogen (secondary N) is 1. The predicted octanol–water partition coefficient (Wildman–Crippen LogP) is 3.84. The second-order valence-electron chi connectivity index (χ2n) is 4.24. The molecule has 0 amide bonds. The summed E-state index contributed by atoms with van der Waals surface area (Å²) in [4.78, 5) is 3.83. The molecule has 112 valence electrons. The molecule has 0 unspecified atom stereocenters. The second kappa shape index (κ2) is 6.00. The summed E-state index contributed by atoms with van der Waals surface area (Å²) in [6.07, 6.45) is 1.33. The summed E-state index contributed by atoms with van der Waals surface area (Å²) in [6, 6.07) is 4.34. The van der Waals surface area contributed by atoms with Gasteiger partial charge in [0.2, 0.25) is 0 Å². The molecule has 0 saturated carbocycles. The van der Waals surface area contributed by atoms with Crippen LogP contribution in [0.25, 0.3) is 0 Å². The molecule has 0 spiro atoms. The number of anilines is 2. The highest BCUT2D eigenvalue weighted by atomic mass is 79.9. The topological polar surface area (TPSA) is 85.1 Å². The lowest BCUT2D eigenvalue weighted by Crippen LogP contribution is -2.14. The normalized spacial score (nSPS) is 11.4. The maximum Gasteiger partial charge on any atom is 0.263 e. The van der Waals surface area contributed by atoms with E-state index in [2.05, 4.69) is 25.6 Å². The molecule has 0 aliphatic heterocycles.